The van der Waals surface area contributed by atoms with Gasteiger partial charge >= 0.3 is 5.97 Å². The lowest BCUT2D eigenvalue weighted by Gasteiger charge is -2.37. The number of rotatable bonds is 12. The molecule has 1 aromatic carbocycles. The van der Waals surface area contributed by atoms with Crippen LogP contribution in [0.5, 0.6) is 5.75 Å². The predicted octanol–water partition coefficient (Wildman–Crippen LogP) is 4.91. The van der Waals surface area contributed by atoms with Crippen molar-refractivity contribution >= 4 is 28.6 Å². The van der Waals surface area contributed by atoms with Crippen LogP contribution in [0.1, 0.15) is 56.6 Å². The molecule has 35 heavy (non-hydrogen) atoms. The molecule has 1 aliphatic heterocycles. The molecule has 1 saturated heterocycles. The Kier molecular flexibility index (Phi) is 9.66. The molecule has 2 aliphatic rings. The first-order valence-electron chi connectivity index (χ1n) is 12.9. The van der Waals surface area contributed by atoms with Crippen molar-refractivity contribution in [1.82, 2.24) is 15.4 Å². The molecular weight excluding hydrogens is 462 g/mol. The number of piperidine rings is 1. The lowest BCUT2D eigenvalue weighted by atomic mass is 9.81. The topological polar surface area (TPSA) is 83.9 Å². The minimum absolute atomic E-state index is 0.0621. The fourth-order valence-corrected chi connectivity index (χ4v) is 7.04. The third-order valence-corrected chi connectivity index (χ3v) is 9.03. The molecule has 1 aromatic heterocycles. The molecule has 4 rings (SSSR count). The molecule has 2 N–H and O–H groups in total. The first-order chi connectivity index (χ1) is 17.1. The van der Waals surface area contributed by atoms with E-state index in [2.05, 4.69) is 27.1 Å². The summed E-state index contributed by atoms with van der Waals surface area (Å²) in [4.78, 5) is 24.4. The number of benzene rings is 1. The lowest BCUT2D eigenvalue weighted by Crippen LogP contribution is -2.44. The molecule has 0 radical (unpaired) electrons. The first kappa shape index (κ1) is 26.2. The van der Waals surface area contributed by atoms with Crippen LogP contribution in [0.4, 0.5) is 0 Å². The highest BCUT2D eigenvalue weighted by atomic mass is 32.2. The third kappa shape index (κ3) is 6.88. The maximum Gasteiger partial charge on any atom is 0.308 e. The van der Waals surface area contributed by atoms with Gasteiger partial charge in [0, 0.05) is 35.7 Å². The Bertz CT molecular complexity index is 969. The Morgan fingerprint density at radius 2 is 2.09 bits per heavy atom. The fraction of sp³-hybridized carbons (Fsp3) is 0.630. The van der Waals surface area contributed by atoms with Crippen molar-refractivity contribution < 1.29 is 19.5 Å². The van der Waals surface area contributed by atoms with Gasteiger partial charge in [0.15, 0.2) is 0 Å². The predicted molar refractivity (Wildman–Crippen MR) is 141 cm³/mol. The monoisotopic (exact) mass is 501 g/mol. The zero-order chi connectivity index (χ0) is 24.6. The smallest absolute Gasteiger partial charge is 0.308 e. The molecule has 2 fully saturated rings. The maximum atomic E-state index is 12.2. The molecule has 3 atom stereocenters. The van der Waals surface area contributed by atoms with E-state index >= 15 is 0 Å². The van der Waals surface area contributed by atoms with Gasteiger partial charge in [-0.05, 0) is 74.4 Å². The summed E-state index contributed by atoms with van der Waals surface area (Å²) < 4.78 is 5.43. The number of nitrogens with zero attached hydrogens (tertiary/aromatic N) is 2. The normalized spacial score (nSPS) is 22.5. The molecule has 2 heterocycles. The molecule has 7 nitrogen and oxygen atoms in total. The molecule has 0 amide bonds. The summed E-state index contributed by atoms with van der Waals surface area (Å²) in [6.07, 6.45) is 9.79. The van der Waals surface area contributed by atoms with Gasteiger partial charge in [-0.25, -0.2) is 0 Å². The fourth-order valence-electron chi connectivity index (χ4n) is 5.68. The van der Waals surface area contributed by atoms with Crippen molar-refractivity contribution in [3.05, 3.63) is 36.0 Å². The Labute approximate surface area is 212 Å². The van der Waals surface area contributed by atoms with Crippen molar-refractivity contribution in [3.63, 3.8) is 0 Å². The second-order valence-electron chi connectivity index (χ2n) is 9.81. The summed E-state index contributed by atoms with van der Waals surface area (Å²) >= 11 is 2.08. The van der Waals surface area contributed by atoms with E-state index in [-0.39, 0.29) is 17.9 Å². The average molecular weight is 502 g/mol. The van der Waals surface area contributed by atoms with Crippen LogP contribution < -0.4 is 10.2 Å². The number of aliphatic carboxylic acids is 1. The zero-order valence-electron chi connectivity index (χ0n) is 20.9. The van der Waals surface area contributed by atoms with Crippen LogP contribution in [0.15, 0.2) is 30.5 Å². The SMILES string of the molecule is CON[C@@H](CC[C@@H]1CCN(CCSC2CCCC2)C[C@@H]1C(=O)O)c1ccnc2ccc(OC)cc12. The molecule has 1 saturated carbocycles. The van der Waals surface area contributed by atoms with Gasteiger partial charge in [-0.1, -0.05) is 12.8 Å². The molecule has 1 aliphatic carbocycles. The number of pyridine rings is 1. The van der Waals surface area contributed by atoms with Gasteiger partial charge in [-0.15, -0.1) is 0 Å². The number of hydroxylamine groups is 1. The van der Waals surface area contributed by atoms with E-state index < -0.39 is 5.97 Å². The summed E-state index contributed by atoms with van der Waals surface area (Å²) in [7, 11) is 3.28. The highest BCUT2D eigenvalue weighted by Gasteiger charge is 2.34. The Balaban J connectivity index is 1.38. The Morgan fingerprint density at radius 1 is 1.26 bits per heavy atom. The number of ether oxygens (including phenoxy) is 1. The maximum absolute atomic E-state index is 12.2. The van der Waals surface area contributed by atoms with E-state index in [0.29, 0.717) is 6.54 Å². The number of aromatic nitrogens is 1. The molecule has 192 valence electrons. The number of carboxylic acid groups (broad SMARTS) is 1. The van der Waals surface area contributed by atoms with Crippen LogP contribution in [-0.2, 0) is 9.63 Å². The van der Waals surface area contributed by atoms with Crippen molar-refractivity contribution in [2.75, 3.05) is 39.6 Å². The van der Waals surface area contributed by atoms with Crippen LogP contribution in [-0.4, -0.2) is 65.8 Å². The standard InChI is InChI=1S/C27H39N3O4S/c1-33-20-8-10-25-23(17-20)22(11-13-28-25)26(29-34-2)9-7-19-12-14-30(18-24(19)27(31)32)15-16-35-21-5-3-4-6-21/h8,10-11,13,17,19,21,24,26,29H,3-7,9,12,14-16,18H2,1-2H3,(H,31,32)/t19-,24+,26+/m1/s1. The summed E-state index contributed by atoms with van der Waals surface area (Å²) in [5.41, 5.74) is 5.13. The van der Waals surface area contributed by atoms with E-state index in [0.717, 1.165) is 65.6 Å². The van der Waals surface area contributed by atoms with Gasteiger partial charge in [0.1, 0.15) is 5.75 Å². The summed E-state index contributed by atoms with van der Waals surface area (Å²) in [6.45, 7) is 2.64. The van der Waals surface area contributed by atoms with E-state index in [9.17, 15) is 9.90 Å². The van der Waals surface area contributed by atoms with Gasteiger partial charge in [0.05, 0.1) is 31.7 Å². The third-order valence-electron chi connectivity index (χ3n) is 7.66. The highest BCUT2D eigenvalue weighted by molar-refractivity contribution is 7.99. The summed E-state index contributed by atoms with van der Waals surface area (Å²) in [5, 5.41) is 11.9. The van der Waals surface area contributed by atoms with Crippen LogP contribution in [0, 0.1) is 11.8 Å². The van der Waals surface area contributed by atoms with Crippen LogP contribution in [0.3, 0.4) is 0 Å². The number of methoxy groups -OCH3 is 1. The number of likely N-dealkylation sites (tertiary alicyclic amines) is 1. The van der Waals surface area contributed by atoms with Gasteiger partial charge < -0.3 is 19.6 Å². The Morgan fingerprint density at radius 3 is 2.83 bits per heavy atom. The van der Waals surface area contributed by atoms with Gasteiger partial charge in [0.25, 0.3) is 0 Å². The number of nitrogens with one attached hydrogen (secondary N) is 1. The number of carbonyl (C=O) groups is 1. The largest absolute Gasteiger partial charge is 0.497 e. The van der Waals surface area contributed by atoms with Crippen molar-refractivity contribution in [2.24, 2.45) is 11.8 Å². The number of carboxylic acids is 1. The second kappa shape index (κ2) is 12.9. The minimum Gasteiger partial charge on any atom is -0.497 e. The molecule has 0 spiro atoms. The van der Waals surface area contributed by atoms with Crippen molar-refractivity contribution in [2.45, 2.75) is 56.2 Å². The van der Waals surface area contributed by atoms with E-state index in [1.54, 1.807) is 14.2 Å². The average Bonchev–Trinajstić information content (AvgIpc) is 3.40. The van der Waals surface area contributed by atoms with Gasteiger partial charge in [-0.3, -0.25) is 9.78 Å². The molecular formula is C27H39N3O4S. The van der Waals surface area contributed by atoms with Crippen LogP contribution in [0.2, 0.25) is 0 Å². The quantitative estimate of drug-likeness (QED) is 0.397. The highest BCUT2D eigenvalue weighted by Crippen LogP contribution is 2.34. The molecule has 0 unspecified atom stereocenters. The molecule has 2 aromatic rings. The van der Waals surface area contributed by atoms with Crippen LogP contribution >= 0.6 is 11.8 Å². The van der Waals surface area contributed by atoms with E-state index in [4.69, 9.17) is 9.57 Å². The van der Waals surface area contributed by atoms with Gasteiger partial charge in [-0.2, -0.15) is 17.2 Å². The number of thioether (sulfide) groups is 1. The minimum atomic E-state index is -0.668. The second-order valence-corrected chi connectivity index (χ2v) is 11.2. The first-order valence-corrected chi connectivity index (χ1v) is 13.9. The van der Waals surface area contributed by atoms with Crippen molar-refractivity contribution in [3.8, 4) is 5.75 Å². The molecule has 0 bridgehead atoms. The van der Waals surface area contributed by atoms with E-state index in [1.165, 1.54) is 25.7 Å². The Hall–Kier alpha value is -1.87. The number of hydrogen-bond donors (Lipinski definition) is 2. The summed E-state index contributed by atoms with van der Waals surface area (Å²) in [5.74, 6) is 1.07. The van der Waals surface area contributed by atoms with E-state index in [1.807, 2.05) is 30.5 Å². The van der Waals surface area contributed by atoms with Crippen molar-refractivity contribution in [1.29, 1.82) is 0 Å². The van der Waals surface area contributed by atoms with Crippen LogP contribution in [0.25, 0.3) is 10.9 Å². The number of fused-ring (bicyclic) bond motifs is 1. The van der Waals surface area contributed by atoms with Gasteiger partial charge in [0.2, 0.25) is 0 Å². The summed E-state index contributed by atoms with van der Waals surface area (Å²) in [6, 6.07) is 7.83. The molecule has 8 heteroatoms. The zero-order valence-corrected chi connectivity index (χ0v) is 21.8. The number of hydrogen-bond acceptors (Lipinski definition) is 7. The lowest BCUT2D eigenvalue weighted by molar-refractivity contribution is -0.146.